The molecule has 1 atom stereocenters. The van der Waals surface area contributed by atoms with E-state index in [2.05, 4.69) is 16.8 Å². The summed E-state index contributed by atoms with van der Waals surface area (Å²) in [5, 5.41) is 4.34. The average molecular weight is 154 g/mol. The molecule has 0 unspecified atom stereocenters. The van der Waals surface area contributed by atoms with Gasteiger partial charge in [-0.05, 0) is 35.2 Å². The summed E-state index contributed by atoms with van der Waals surface area (Å²) in [6, 6.07) is 2.19. The Labute approximate surface area is 64.6 Å². The van der Waals surface area contributed by atoms with Crippen molar-refractivity contribution in [2.75, 3.05) is 6.61 Å². The molecule has 2 heteroatoms. The van der Waals surface area contributed by atoms with E-state index >= 15 is 0 Å². The normalized spacial score (nSPS) is 23.0. The van der Waals surface area contributed by atoms with Gasteiger partial charge >= 0.3 is 0 Å². The Balaban J connectivity index is 1.79. The largest absolute Gasteiger partial charge is 0.373 e. The molecule has 54 valence electrons. The van der Waals surface area contributed by atoms with Gasteiger partial charge in [0.05, 0.1) is 12.7 Å². The predicted octanol–water partition coefficient (Wildman–Crippen LogP) is 2.08. The number of rotatable bonds is 3. The van der Waals surface area contributed by atoms with Crippen LogP contribution in [0.25, 0.3) is 0 Å². The van der Waals surface area contributed by atoms with Crippen molar-refractivity contribution < 1.29 is 4.74 Å². The van der Waals surface area contributed by atoms with E-state index in [-0.39, 0.29) is 0 Å². The van der Waals surface area contributed by atoms with Gasteiger partial charge < -0.3 is 4.74 Å². The van der Waals surface area contributed by atoms with E-state index in [1.807, 2.05) is 0 Å². The third-order valence-corrected chi connectivity index (χ3v) is 2.47. The van der Waals surface area contributed by atoms with Crippen LogP contribution in [0.2, 0.25) is 0 Å². The zero-order valence-corrected chi connectivity index (χ0v) is 6.56. The third kappa shape index (κ3) is 1.58. The Morgan fingerprint density at radius 1 is 1.70 bits per heavy atom. The van der Waals surface area contributed by atoms with Crippen LogP contribution in [0, 0.1) is 0 Å². The standard InChI is InChI=1S/C8H10OS/c1(2-8-5-9-8)7-3-4-10-6-7/h3-4,6,8H,1-2,5H2/t8-/m0/s1. The Bertz CT molecular complexity index is 189. The molecule has 0 spiro atoms. The van der Waals surface area contributed by atoms with Crippen LogP contribution >= 0.6 is 11.3 Å². The van der Waals surface area contributed by atoms with E-state index in [1.165, 1.54) is 18.4 Å². The summed E-state index contributed by atoms with van der Waals surface area (Å²) in [5.41, 5.74) is 1.46. The molecule has 0 aromatic carbocycles. The molecule has 0 saturated carbocycles. The monoisotopic (exact) mass is 154 g/mol. The number of aryl methyl sites for hydroxylation is 1. The Kier molecular flexibility index (Phi) is 1.74. The molecular formula is C8H10OS. The van der Waals surface area contributed by atoms with Gasteiger partial charge in [0.25, 0.3) is 0 Å². The summed E-state index contributed by atoms with van der Waals surface area (Å²) in [4.78, 5) is 0. The van der Waals surface area contributed by atoms with Gasteiger partial charge in [0.1, 0.15) is 0 Å². The highest BCUT2D eigenvalue weighted by molar-refractivity contribution is 7.07. The molecule has 0 aliphatic carbocycles. The van der Waals surface area contributed by atoms with Crippen LogP contribution in [0.1, 0.15) is 12.0 Å². The summed E-state index contributed by atoms with van der Waals surface area (Å²) >= 11 is 1.77. The Morgan fingerprint density at radius 2 is 2.60 bits per heavy atom. The summed E-state index contributed by atoms with van der Waals surface area (Å²) in [6.45, 7) is 0.990. The van der Waals surface area contributed by atoms with Crippen molar-refractivity contribution in [3.8, 4) is 0 Å². The summed E-state index contributed by atoms with van der Waals surface area (Å²) in [6.07, 6.45) is 2.98. The summed E-state index contributed by atoms with van der Waals surface area (Å²) < 4.78 is 5.11. The molecule has 1 aliphatic heterocycles. The van der Waals surface area contributed by atoms with Crippen molar-refractivity contribution in [2.45, 2.75) is 18.9 Å². The van der Waals surface area contributed by atoms with E-state index in [0.717, 1.165) is 6.61 Å². The zero-order valence-electron chi connectivity index (χ0n) is 5.75. The van der Waals surface area contributed by atoms with Crippen LogP contribution in [0.3, 0.4) is 0 Å². The number of hydrogen-bond donors (Lipinski definition) is 0. The maximum atomic E-state index is 5.11. The second kappa shape index (κ2) is 2.72. The molecule has 2 heterocycles. The van der Waals surface area contributed by atoms with Gasteiger partial charge in [0.2, 0.25) is 0 Å². The van der Waals surface area contributed by atoms with Crippen molar-refractivity contribution in [3.05, 3.63) is 22.4 Å². The quantitative estimate of drug-likeness (QED) is 0.607. The van der Waals surface area contributed by atoms with E-state index in [4.69, 9.17) is 4.74 Å². The highest BCUT2D eigenvalue weighted by Gasteiger charge is 2.21. The van der Waals surface area contributed by atoms with Gasteiger partial charge in [-0.1, -0.05) is 0 Å². The average Bonchev–Trinajstić information content (AvgIpc) is 2.63. The summed E-state index contributed by atoms with van der Waals surface area (Å²) in [5.74, 6) is 0. The first kappa shape index (κ1) is 6.38. The molecule has 1 aliphatic rings. The molecule has 1 fully saturated rings. The van der Waals surface area contributed by atoms with Gasteiger partial charge in [-0.25, -0.2) is 0 Å². The number of hydrogen-bond acceptors (Lipinski definition) is 2. The fourth-order valence-corrected chi connectivity index (χ4v) is 1.70. The minimum atomic E-state index is 0.583. The van der Waals surface area contributed by atoms with Crippen LogP contribution < -0.4 is 0 Å². The fraction of sp³-hybridized carbons (Fsp3) is 0.500. The smallest absolute Gasteiger partial charge is 0.0813 e. The molecular weight excluding hydrogens is 144 g/mol. The number of thiophene rings is 1. The first-order valence-corrected chi connectivity index (χ1v) is 4.52. The first-order chi connectivity index (χ1) is 4.95. The van der Waals surface area contributed by atoms with E-state index < -0.39 is 0 Å². The minimum Gasteiger partial charge on any atom is -0.373 e. The number of epoxide rings is 1. The van der Waals surface area contributed by atoms with Gasteiger partial charge in [-0.2, -0.15) is 11.3 Å². The van der Waals surface area contributed by atoms with Crippen LogP contribution in [-0.4, -0.2) is 12.7 Å². The maximum absolute atomic E-state index is 5.11. The van der Waals surface area contributed by atoms with E-state index in [1.54, 1.807) is 11.3 Å². The predicted molar refractivity (Wildman–Crippen MR) is 42.4 cm³/mol. The molecule has 1 aromatic heterocycles. The second-order valence-corrected chi connectivity index (χ2v) is 3.41. The topological polar surface area (TPSA) is 12.5 Å². The van der Waals surface area contributed by atoms with E-state index in [9.17, 15) is 0 Å². The Hall–Kier alpha value is -0.340. The van der Waals surface area contributed by atoms with Gasteiger partial charge in [0.15, 0.2) is 0 Å². The molecule has 10 heavy (non-hydrogen) atoms. The summed E-state index contributed by atoms with van der Waals surface area (Å²) in [7, 11) is 0. The highest BCUT2D eigenvalue weighted by atomic mass is 32.1. The molecule has 1 aromatic rings. The van der Waals surface area contributed by atoms with Crippen LogP contribution in [0.15, 0.2) is 16.8 Å². The molecule has 0 amide bonds. The van der Waals surface area contributed by atoms with Crippen LogP contribution in [-0.2, 0) is 11.2 Å². The zero-order chi connectivity index (χ0) is 6.81. The molecule has 0 N–H and O–H groups in total. The minimum absolute atomic E-state index is 0.583. The molecule has 1 nitrogen and oxygen atoms in total. The molecule has 1 saturated heterocycles. The molecule has 0 radical (unpaired) electrons. The lowest BCUT2D eigenvalue weighted by molar-refractivity contribution is 0.397. The van der Waals surface area contributed by atoms with Gasteiger partial charge in [-0.3, -0.25) is 0 Å². The first-order valence-electron chi connectivity index (χ1n) is 3.58. The van der Waals surface area contributed by atoms with Crippen molar-refractivity contribution >= 4 is 11.3 Å². The highest BCUT2D eigenvalue weighted by Crippen LogP contribution is 2.17. The van der Waals surface area contributed by atoms with Gasteiger partial charge in [-0.15, -0.1) is 0 Å². The third-order valence-electron chi connectivity index (χ3n) is 1.74. The Morgan fingerprint density at radius 3 is 3.20 bits per heavy atom. The van der Waals surface area contributed by atoms with Crippen molar-refractivity contribution in [1.82, 2.24) is 0 Å². The van der Waals surface area contributed by atoms with E-state index in [0.29, 0.717) is 6.10 Å². The van der Waals surface area contributed by atoms with Gasteiger partial charge in [0, 0.05) is 0 Å². The number of ether oxygens (including phenoxy) is 1. The van der Waals surface area contributed by atoms with Crippen LogP contribution in [0.4, 0.5) is 0 Å². The SMILES string of the molecule is c1cc(CC[C@H]2CO2)cs1. The fourth-order valence-electron chi connectivity index (χ4n) is 0.997. The lowest BCUT2D eigenvalue weighted by Gasteiger charge is -1.90. The lowest BCUT2D eigenvalue weighted by atomic mass is 10.1. The lowest BCUT2D eigenvalue weighted by Crippen LogP contribution is -1.88. The molecule has 2 rings (SSSR count). The molecule has 0 bridgehead atoms. The van der Waals surface area contributed by atoms with Crippen molar-refractivity contribution in [1.29, 1.82) is 0 Å². The van der Waals surface area contributed by atoms with Crippen molar-refractivity contribution in [2.24, 2.45) is 0 Å². The van der Waals surface area contributed by atoms with Crippen LogP contribution in [0.5, 0.6) is 0 Å². The second-order valence-electron chi connectivity index (χ2n) is 2.63. The maximum Gasteiger partial charge on any atom is 0.0813 e. The van der Waals surface area contributed by atoms with Crippen molar-refractivity contribution in [3.63, 3.8) is 0 Å².